The van der Waals surface area contributed by atoms with E-state index in [2.05, 4.69) is 4.74 Å². The lowest BCUT2D eigenvalue weighted by molar-refractivity contribution is -0.0275. The van der Waals surface area contributed by atoms with Gasteiger partial charge in [0, 0.05) is 12.7 Å². The van der Waals surface area contributed by atoms with Gasteiger partial charge in [-0.1, -0.05) is 0 Å². The Hall–Kier alpha value is -1.49. The second-order valence-corrected chi connectivity index (χ2v) is 2.70. The molecular weight excluding hydrogens is 206 g/mol. The molecule has 0 saturated heterocycles. The van der Waals surface area contributed by atoms with Gasteiger partial charge >= 0.3 is 5.97 Å². The van der Waals surface area contributed by atoms with Gasteiger partial charge in [-0.05, 0) is 19.1 Å². The number of carbonyl (C=O) groups is 1. The molecule has 1 rings (SSSR count). The van der Waals surface area contributed by atoms with E-state index in [-0.39, 0.29) is 12.4 Å². The summed E-state index contributed by atoms with van der Waals surface area (Å²) in [5.41, 5.74) is -0.174. The van der Waals surface area contributed by atoms with Crippen LogP contribution in [0.15, 0.2) is 18.2 Å². The first kappa shape index (κ1) is 11.6. The van der Waals surface area contributed by atoms with Crippen molar-refractivity contribution in [3.8, 4) is 0 Å². The standard InChI is InChI=1S/C10H10F2O3/c1-2-14-6-15-10(13)7-3-8(11)5-9(12)4-7/h3-5H,2,6H2,1H3. The molecule has 0 heterocycles. The highest BCUT2D eigenvalue weighted by molar-refractivity contribution is 5.89. The Morgan fingerprint density at radius 3 is 2.40 bits per heavy atom. The molecule has 0 aliphatic carbocycles. The fraction of sp³-hybridized carbons (Fsp3) is 0.300. The molecule has 82 valence electrons. The molecule has 0 unspecified atom stereocenters. The highest BCUT2D eigenvalue weighted by Gasteiger charge is 2.10. The Bertz CT molecular complexity index is 332. The van der Waals surface area contributed by atoms with Crippen LogP contribution in [-0.2, 0) is 9.47 Å². The minimum absolute atomic E-state index is 0.174. The number of hydrogen-bond acceptors (Lipinski definition) is 3. The van der Waals surface area contributed by atoms with E-state index in [9.17, 15) is 13.6 Å². The van der Waals surface area contributed by atoms with Crippen molar-refractivity contribution >= 4 is 5.97 Å². The number of halogens is 2. The van der Waals surface area contributed by atoms with Crippen molar-refractivity contribution in [1.29, 1.82) is 0 Å². The highest BCUT2D eigenvalue weighted by atomic mass is 19.1. The number of esters is 1. The fourth-order valence-electron chi connectivity index (χ4n) is 0.934. The maximum atomic E-state index is 12.7. The highest BCUT2D eigenvalue weighted by Crippen LogP contribution is 2.09. The first-order valence-electron chi connectivity index (χ1n) is 4.34. The largest absolute Gasteiger partial charge is 0.435 e. The third-order valence-corrected chi connectivity index (χ3v) is 1.58. The summed E-state index contributed by atoms with van der Waals surface area (Å²) in [4.78, 5) is 11.2. The molecule has 5 heteroatoms. The van der Waals surface area contributed by atoms with Crippen LogP contribution in [0.1, 0.15) is 17.3 Å². The van der Waals surface area contributed by atoms with Gasteiger partial charge in [0.15, 0.2) is 6.79 Å². The predicted octanol–water partition coefficient (Wildman–Crippen LogP) is 2.12. The molecule has 0 atom stereocenters. The van der Waals surface area contributed by atoms with E-state index < -0.39 is 17.6 Å². The third kappa shape index (κ3) is 3.63. The SMILES string of the molecule is CCOCOC(=O)c1cc(F)cc(F)c1. The van der Waals surface area contributed by atoms with Crippen LogP contribution >= 0.6 is 0 Å². The lowest BCUT2D eigenvalue weighted by atomic mass is 10.2. The average molecular weight is 216 g/mol. The second kappa shape index (κ2) is 5.41. The zero-order valence-corrected chi connectivity index (χ0v) is 8.13. The summed E-state index contributed by atoms with van der Waals surface area (Å²) < 4.78 is 34.7. The van der Waals surface area contributed by atoms with Crippen LogP contribution < -0.4 is 0 Å². The number of benzene rings is 1. The molecule has 0 aliphatic heterocycles. The molecule has 3 nitrogen and oxygen atoms in total. The van der Waals surface area contributed by atoms with Gasteiger partial charge in [-0.2, -0.15) is 0 Å². The summed E-state index contributed by atoms with van der Waals surface area (Å²) in [5, 5.41) is 0. The normalized spacial score (nSPS) is 10.1. The Morgan fingerprint density at radius 2 is 1.87 bits per heavy atom. The summed E-state index contributed by atoms with van der Waals surface area (Å²) in [6.07, 6.45) is 0. The Kier molecular flexibility index (Phi) is 4.17. The average Bonchev–Trinajstić information content (AvgIpc) is 2.16. The summed E-state index contributed by atoms with van der Waals surface area (Å²) in [6, 6.07) is 2.48. The number of carbonyl (C=O) groups excluding carboxylic acids is 1. The number of rotatable bonds is 4. The summed E-state index contributed by atoms with van der Waals surface area (Å²) >= 11 is 0. The van der Waals surface area contributed by atoms with Gasteiger partial charge in [0.05, 0.1) is 5.56 Å². The molecule has 0 aromatic heterocycles. The minimum atomic E-state index is -0.821. The second-order valence-electron chi connectivity index (χ2n) is 2.70. The van der Waals surface area contributed by atoms with E-state index in [4.69, 9.17) is 4.74 Å². The van der Waals surface area contributed by atoms with Gasteiger partial charge < -0.3 is 9.47 Å². The molecular formula is C10H10F2O3. The summed E-state index contributed by atoms with van der Waals surface area (Å²) in [5.74, 6) is -2.46. The van der Waals surface area contributed by atoms with E-state index in [1.807, 2.05) is 0 Å². The molecule has 0 spiro atoms. The van der Waals surface area contributed by atoms with Crippen LogP contribution in [0.25, 0.3) is 0 Å². The molecule has 0 fully saturated rings. The molecule has 0 bridgehead atoms. The first-order chi connectivity index (χ1) is 7.13. The van der Waals surface area contributed by atoms with Gasteiger partial charge in [0.2, 0.25) is 0 Å². The lowest BCUT2D eigenvalue weighted by Gasteiger charge is -2.04. The van der Waals surface area contributed by atoms with Gasteiger partial charge in [0.1, 0.15) is 11.6 Å². The van der Waals surface area contributed by atoms with E-state index in [0.717, 1.165) is 12.1 Å². The van der Waals surface area contributed by atoms with E-state index in [0.29, 0.717) is 12.7 Å². The smallest absolute Gasteiger partial charge is 0.340 e. The zero-order chi connectivity index (χ0) is 11.3. The maximum absolute atomic E-state index is 12.7. The summed E-state index contributed by atoms with van der Waals surface area (Å²) in [7, 11) is 0. The van der Waals surface area contributed by atoms with Crippen molar-refractivity contribution < 1.29 is 23.0 Å². The van der Waals surface area contributed by atoms with Gasteiger partial charge in [-0.25, -0.2) is 13.6 Å². The van der Waals surface area contributed by atoms with Crippen LogP contribution in [0.2, 0.25) is 0 Å². The fourth-order valence-corrected chi connectivity index (χ4v) is 0.934. The Balaban J connectivity index is 2.65. The quantitative estimate of drug-likeness (QED) is 0.439. The topological polar surface area (TPSA) is 35.5 Å². The monoisotopic (exact) mass is 216 g/mol. The van der Waals surface area contributed by atoms with Crippen molar-refractivity contribution in [2.75, 3.05) is 13.4 Å². The van der Waals surface area contributed by atoms with Gasteiger partial charge in [-0.3, -0.25) is 0 Å². The predicted molar refractivity (Wildman–Crippen MR) is 48.3 cm³/mol. The molecule has 0 N–H and O–H groups in total. The third-order valence-electron chi connectivity index (χ3n) is 1.58. The number of ether oxygens (including phenoxy) is 2. The molecule has 15 heavy (non-hydrogen) atoms. The molecule has 1 aromatic rings. The van der Waals surface area contributed by atoms with Gasteiger partial charge in [-0.15, -0.1) is 0 Å². The van der Waals surface area contributed by atoms with Crippen LogP contribution in [0, 0.1) is 11.6 Å². The van der Waals surface area contributed by atoms with Crippen molar-refractivity contribution in [2.45, 2.75) is 6.92 Å². The van der Waals surface area contributed by atoms with E-state index >= 15 is 0 Å². The van der Waals surface area contributed by atoms with E-state index in [1.165, 1.54) is 0 Å². The van der Waals surface area contributed by atoms with Crippen molar-refractivity contribution in [3.05, 3.63) is 35.4 Å². The minimum Gasteiger partial charge on any atom is -0.435 e. The molecule has 1 aromatic carbocycles. The molecule has 0 saturated carbocycles. The van der Waals surface area contributed by atoms with Crippen molar-refractivity contribution in [2.24, 2.45) is 0 Å². The molecule has 0 aliphatic rings. The number of hydrogen-bond donors (Lipinski definition) is 0. The zero-order valence-electron chi connectivity index (χ0n) is 8.13. The van der Waals surface area contributed by atoms with Crippen LogP contribution in [0.5, 0.6) is 0 Å². The Labute approximate surface area is 85.6 Å². The van der Waals surface area contributed by atoms with Gasteiger partial charge in [0.25, 0.3) is 0 Å². The van der Waals surface area contributed by atoms with Crippen molar-refractivity contribution in [3.63, 3.8) is 0 Å². The first-order valence-corrected chi connectivity index (χ1v) is 4.34. The molecule has 0 amide bonds. The molecule has 0 radical (unpaired) electrons. The van der Waals surface area contributed by atoms with E-state index in [1.54, 1.807) is 6.92 Å². The van der Waals surface area contributed by atoms with Crippen LogP contribution in [-0.4, -0.2) is 19.4 Å². The van der Waals surface area contributed by atoms with Crippen molar-refractivity contribution in [1.82, 2.24) is 0 Å². The lowest BCUT2D eigenvalue weighted by Crippen LogP contribution is -2.09. The summed E-state index contributed by atoms with van der Waals surface area (Å²) in [6.45, 7) is 1.90. The Morgan fingerprint density at radius 1 is 1.27 bits per heavy atom. The maximum Gasteiger partial charge on any atom is 0.340 e. The van der Waals surface area contributed by atoms with Crippen LogP contribution in [0.4, 0.5) is 8.78 Å². The van der Waals surface area contributed by atoms with Crippen LogP contribution in [0.3, 0.4) is 0 Å².